The highest BCUT2D eigenvalue weighted by Gasteiger charge is 2.13. The number of benzene rings is 2. The maximum Gasteiger partial charge on any atom is 0.319 e. The Hall–Kier alpha value is -2.49. The number of para-hydroxylation sites is 1. The van der Waals surface area contributed by atoms with Crippen LogP contribution in [0.2, 0.25) is 0 Å². The van der Waals surface area contributed by atoms with Gasteiger partial charge in [0, 0.05) is 24.5 Å². The molecule has 3 rings (SSSR count). The Labute approximate surface area is 143 Å². The Balaban J connectivity index is 1.56. The van der Waals surface area contributed by atoms with Crippen molar-refractivity contribution in [3.63, 3.8) is 0 Å². The van der Waals surface area contributed by atoms with Crippen LogP contribution < -0.4 is 15.5 Å². The van der Waals surface area contributed by atoms with Crippen molar-refractivity contribution < 1.29 is 4.79 Å². The molecule has 1 atom stereocenters. The predicted molar refractivity (Wildman–Crippen MR) is 99.5 cm³/mol. The molecule has 4 nitrogen and oxygen atoms in total. The summed E-state index contributed by atoms with van der Waals surface area (Å²) >= 11 is 0. The fourth-order valence-corrected chi connectivity index (χ4v) is 3.09. The number of piperidine rings is 1. The van der Waals surface area contributed by atoms with Crippen LogP contribution in [0.1, 0.15) is 37.8 Å². The molecule has 1 unspecified atom stereocenters. The molecule has 126 valence electrons. The summed E-state index contributed by atoms with van der Waals surface area (Å²) in [6, 6.07) is 17.8. The standard InChI is InChI=1S/C20H25N3O/c1-16(21-20(24)22-18-8-4-2-5-9-18)17-10-12-19(13-11-17)23-14-6-3-7-15-23/h2,4-5,8-13,16H,3,6-7,14-15H2,1H3,(H2,21,22,24). The molecular weight excluding hydrogens is 298 g/mol. The second kappa shape index (κ2) is 7.86. The zero-order valence-corrected chi connectivity index (χ0v) is 14.2. The van der Waals surface area contributed by atoms with E-state index in [0.717, 1.165) is 24.3 Å². The molecule has 2 N–H and O–H groups in total. The minimum absolute atomic E-state index is 0.0379. The van der Waals surface area contributed by atoms with Gasteiger partial charge in [0.2, 0.25) is 0 Å². The van der Waals surface area contributed by atoms with E-state index in [4.69, 9.17) is 0 Å². The number of carbonyl (C=O) groups is 1. The Kier molecular flexibility index (Phi) is 5.36. The second-order valence-electron chi connectivity index (χ2n) is 6.33. The smallest absolute Gasteiger partial charge is 0.319 e. The third-order valence-corrected chi connectivity index (χ3v) is 4.49. The van der Waals surface area contributed by atoms with E-state index in [2.05, 4.69) is 39.8 Å². The summed E-state index contributed by atoms with van der Waals surface area (Å²) < 4.78 is 0. The number of hydrogen-bond acceptors (Lipinski definition) is 2. The number of amides is 2. The molecule has 2 aromatic rings. The van der Waals surface area contributed by atoms with Crippen LogP contribution in [0.4, 0.5) is 16.2 Å². The second-order valence-corrected chi connectivity index (χ2v) is 6.33. The van der Waals surface area contributed by atoms with Gasteiger partial charge in [-0.3, -0.25) is 0 Å². The Bertz CT molecular complexity index is 648. The maximum absolute atomic E-state index is 12.1. The first-order valence-electron chi connectivity index (χ1n) is 8.70. The Morgan fingerprint density at radius 3 is 2.29 bits per heavy atom. The molecule has 1 aliphatic rings. The van der Waals surface area contributed by atoms with E-state index in [1.807, 2.05) is 37.3 Å². The Morgan fingerprint density at radius 2 is 1.62 bits per heavy atom. The lowest BCUT2D eigenvalue weighted by Gasteiger charge is -2.29. The first kappa shape index (κ1) is 16.4. The number of anilines is 2. The molecule has 0 aliphatic carbocycles. The van der Waals surface area contributed by atoms with Crippen molar-refractivity contribution in [3.05, 3.63) is 60.2 Å². The fourth-order valence-electron chi connectivity index (χ4n) is 3.09. The molecule has 0 aromatic heterocycles. The predicted octanol–water partition coefficient (Wildman–Crippen LogP) is 4.56. The van der Waals surface area contributed by atoms with E-state index < -0.39 is 0 Å². The zero-order chi connectivity index (χ0) is 16.8. The number of urea groups is 1. The molecule has 0 radical (unpaired) electrons. The molecule has 1 fully saturated rings. The fraction of sp³-hybridized carbons (Fsp3) is 0.350. The first-order valence-corrected chi connectivity index (χ1v) is 8.70. The molecule has 0 saturated carbocycles. The largest absolute Gasteiger partial charge is 0.372 e. The van der Waals surface area contributed by atoms with Gasteiger partial charge in [0.05, 0.1) is 6.04 Å². The van der Waals surface area contributed by atoms with Crippen LogP contribution >= 0.6 is 0 Å². The summed E-state index contributed by atoms with van der Waals surface area (Å²) in [5.74, 6) is 0. The average Bonchev–Trinajstić information content (AvgIpc) is 2.63. The van der Waals surface area contributed by atoms with Crippen molar-refractivity contribution in [1.29, 1.82) is 0 Å². The van der Waals surface area contributed by atoms with E-state index in [1.54, 1.807) is 0 Å². The van der Waals surface area contributed by atoms with E-state index in [0.29, 0.717) is 0 Å². The molecule has 24 heavy (non-hydrogen) atoms. The SMILES string of the molecule is CC(NC(=O)Nc1ccccc1)c1ccc(N2CCCCC2)cc1. The molecule has 1 aliphatic heterocycles. The number of hydrogen-bond donors (Lipinski definition) is 2. The van der Waals surface area contributed by atoms with Crippen LogP contribution in [-0.2, 0) is 0 Å². The minimum atomic E-state index is -0.186. The summed E-state index contributed by atoms with van der Waals surface area (Å²) in [7, 11) is 0. The van der Waals surface area contributed by atoms with Gasteiger partial charge in [0.1, 0.15) is 0 Å². The molecular formula is C20H25N3O. The minimum Gasteiger partial charge on any atom is -0.372 e. The van der Waals surface area contributed by atoms with Gasteiger partial charge in [-0.15, -0.1) is 0 Å². The molecule has 1 heterocycles. The maximum atomic E-state index is 12.1. The van der Waals surface area contributed by atoms with E-state index in [9.17, 15) is 4.79 Å². The van der Waals surface area contributed by atoms with Gasteiger partial charge in [-0.1, -0.05) is 30.3 Å². The number of rotatable bonds is 4. The Morgan fingerprint density at radius 1 is 0.958 bits per heavy atom. The van der Waals surface area contributed by atoms with Crippen LogP contribution in [0.15, 0.2) is 54.6 Å². The molecule has 4 heteroatoms. The van der Waals surface area contributed by atoms with Gasteiger partial charge in [0.25, 0.3) is 0 Å². The molecule has 0 bridgehead atoms. The highest BCUT2D eigenvalue weighted by Crippen LogP contribution is 2.22. The molecule has 2 aromatic carbocycles. The van der Waals surface area contributed by atoms with E-state index in [1.165, 1.54) is 24.9 Å². The normalized spacial score (nSPS) is 15.6. The quantitative estimate of drug-likeness (QED) is 0.866. The van der Waals surface area contributed by atoms with Crippen molar-refractivity contribution in [1.82, 2.24) is 5.32 Å². The van der Waals surface area contributed by atoms with E-state index >= 15 is 0 Å². The number of nitrogens with one attached hydrogen (secondary N) is 2. The van der Waals surface area contributed by atoms with Gasteiger partial charge < -0.3 is 15.5 Å². The summed E-state index contributed by atoms with van der Waals surface area (Å²) in [6.07, 6.45) is 3.89. The van der Waals surface area contributed by atoms with Crippen molar-refractivity contribution in [3.8, 4) is 0 Å². The lowest BCUT2D eigenvalue weighted by atomic mass is 10.1. The van der Waals surface area contributed by atoms with Crippen molar-refractivity contribution in [2.75, 3.05) is 23.3 Å². The first-order chi connectivity index (χ1) is 11.7. The lowest BCUT2D eigenvalue weighted by Crippen LogP contribution is -2.31. The van der Waals surface area contributed by atoms with Crippen LogP contribution in [0.25, 0.3) is 0 Å². The molecule has 0 spiro atoms. The van der Waals surface area contributed by atoms with Crippen LogP contribution in [0, 0.1) is 0 Å². The van der Waals surface area contributed by atoms with Crippen LogP contribution in [0.3, 0.4) is 0 Å². The van der Waals surface area contributed by atoms with Crippen molar-refractivity contribution in [2.24, 2.45) is 0 Å². The van der Waals surface area contributed by atoms with Gasteiger partial charge in [-0.2, -0.15) is 0 Å². The van der Waals surface area contributed by atoms with Crippen molar-refractivity contribution in [2.45, 2.75) is 32.2 Å². The summed E-state index contributed by atoms with van der Waals surface area (Å²) in [6.45, 7) is 4.29. The van der Waals surface area contributed by atoms with Gasteiger partial charge in [-0.05, 0) is 56.0 Å². The highest BCUT2D eigenvalue weighted by molar-refractivity contribution is 5.89. The van der Waals surface area contributed by atoms with E-state index in [-0.39, 0.29) is 12.1 Å². The van der Waals surface area contributed by atoms with Crippen molar-refractivity contribution >= 4 is 17.4 Å². The highest BCUT2D eigenvalue weighted by atomic mass is 16.2. The third kappa shape index (κ3) is 4.28. The van der Waals surface area contributed by atoms with Crippen LogP contribution in [0.5, 0.6) is 0 Å². The third-order valence-electron chi connectivity index (χ3n) is 4.49. The topological polar surface area (TPSA) is 44.4 Å². The monoisotopic (exact) mass is 323 g/mol. The number of carbonyl (C=O) groups excluding carboxylic acids is 1. The summed E-state index contributed by atoms with van der Waals surface area (Å²) in [4.78, 5) is 14.5. The number of nitrogens with zero attached hydrogens (tertiary/aromatic N) is 1. The lowest BCUT2D eigenvalue weighted by molar-refractivity contribution is 0.249. The summed E-state index contributed by atoms with van der Waals surface area (Å²) in [5.41, 5.74) is 3.18. The average molecular weight is 323 g/mol. The molecule has 1 saturated heterocycles. The molecule has 2 amide bonds. The van der Waals surface area contributed by atoms with Gasteiger partial charge >= 0.3 is 6.03 Å². The summed E-state index contributed by atoms with van der Waals surface area (Å²) in [5, 5.41) is 5.83. The van der Waals surface area contributed by atoms with Crippen LogP contribution in [-0.4, -0.2) is 19.1 Å². The zero-order valence-electron chi connectivity index (χ0n) is 14.2. The van der Waals surface area contributed by atoms with Gasteiger partial charge in [0.15, 0.2) is 0 Å². The van der Waals surface area contributed by atoms with Gasteiger partial charge in [-0.25, -0.2) is 4.79 Å².